The number of hydrogen-bond donors (Lipinski definition) is 1. The summed E-state index contributed by atoms with van der Waals surface area (Å²) in [4.78, 5) is 14.8. The van der Waals surface area contributed by atoms with Gasteiger partial charge in [-0.05, 0) is 38.9 Å². The lowest BCUT2D eigenvalue weighted by Crippen LogP contribution is -2.47. The highest BCUT2D eigenvalue weighted by Gasteiger charge is 2.28. The molecule has 1 saturated heterocycles. The summed E-state index contributed by atoms with van der Waals surface area (Å²) in [6, 6.07) is 10.1. The van der Waals surface area contributed by atoms with E-state index in [-0.39, 0.29) is 5.91 Å². The average Bonchev–Trinajstić information content (AvgIpc) is 3.06. The number of amides is 1. The number of piperidine rings is 1. The average molecular weight is 328 g/mol. The van der Waals surface area contributed by atoms with Crippen LogP contribution in [0.2, 0.25) is 0 Å². The van der Waals surface area contributed by atoms with E-state index in [0.29, 0.717) is 30.6 Å². The predicted molar refractivity (Wildman–Crippen MR) is 92.7 cm³/mol. The number of para-hydroxylation sites is 1. The number of ether oxygens (including phenoxy) is 1. The molecular weight excluding hydrogens is 304 g/mol. The van der Waals surface area contributed by atoms with Gasteiger partial charge in [-0.2, -0.15) is 5.10 Å². The third-order valence-corrected chi connectivity index (χ3v) is 4.32. The summed E-state index contributed by atoms with van der Waals surface area (Å²) in [7, 11) is 1.94. The van der Waals surface area contributed by atoms with Gasteiger partial charge in [0, 0.05) is 19.1 Å². The van der Waals surface area contributed by atoms with Crippen molar-refractivity contribution in [1.82, 2.24) is 20.0 Å². The molecule has 1 atom stereocenters. The van der Waals surface area contributed by atoms with E-state index < -0.39 is 0 Å². The molecule has 128 valence electrons. The first-order chi connectivity index (χ1) is 11.7. The van der Waals surface area contributed by atoms with Gasteiger partial charge < -0.3 is 15.0 Å². The number of hydrogen-bond acceptors (Lipinski definition) is 4. The van der Waals surface area contributed by atoms with E-state index >= 15 is 0 Å². The van der Waals surface area contributed by atoms with Crippen molar-refractivity contribution in [2.24, 2.45) is 0 Å². The molecule has 0 spiro atoms. The highest BCUT2D eigenvalue weighted by atomic mass is 16.5. The molecule has 1 aliphatic heterocycles. The SMILES string of the molecule is CCOc1cn(-c2ccccc2)nc1C(=O)N1CCCC(NC)C1. The number of nitrogens with one attached hydrogen (secondary N) is 1. The van der Waals surface area contributed by atoms with Gasteiger partial charge in [-0.3, -0.25) is 4.79 Å². The van der Waals surface area contributed by atoms with Gasteiger partial charge in [0.15, 0.2) is 11.4 Å². The number of nitrogens with zero attached hydrogens (tertiary/aromatic N) is 3. The van der Waals surface area contributed by atoms with Crippen LogP contribution < -0.4 is 10.1 Å². The van der Waals surface area contributed by atoms with Crippen molar-refractivity contribution in [3.8, 4) is 11.4 Å². The number of rotatable bonds is 5. The molecule has 3 rings (SSSR count). The van der Waals surface area contributed by atoms with Crippen LogP contribution in [0.15, 0.2) is 36.5 Å². The van der Waals surface area contributed by atoms with Crippen LogP contribution in [-0.4, -0.2) is 53.4 Å². The van der Waals surface area contributed by atoms with Crippen LogP contribution >= 0.6 is 0 Å². The Kier molecular flexibility index (Phi) is 5.15. The van der Waals surface area contributed by atoms with Gasteiger partial charge in [0.1, 0.15) is 0 Å². The van der Waals surface area contributed by atoms with E-state index in [4.69, 9.17) is 4.74 Å². The Hall–Kier alpha value is -2.34. The molecule has 0 aliphatic carbocycles. The summed E-state index contributed by atoms with van der Waals surface area (Å²) in [5, 5.41) is 7.77. The molecule has 1 aliphatic rings. The number of likely N-dealkylation sites (tertiary alicyclic amines) is 1. The van der Waals surface area contributed by atoms with Crippen LogP contribution in [0, 0.1) is 0 Å². The van der Waals surface area contributed by atoms with Crippen molar-refractivity contribution in [3.05, 3.63) is 42.2 Å². The Labute approximate surface area is 142 Å². The Morgan fingerprint density at radius 2 is 2.17 bits per heavy atom. The molecule has 6 nitrogen and oxygen atoms in total. The molecule has 2 aromatic rings. The predicted octanol–water partition coefficient (Wildman–Crippen LogP) is 2.09. The van der Waals surface area contributed by atoms with Gasteiger partial charge in [0.05, 0.1) is 18.5 Å². The van der Waals surface area contributed by atoms with Crippen LogP contribution in [0.4, 0.5) is 0 Å². The van der Waals surface area contributed by atoms with Gasteiger partial charge >= 0.3 is 0 Å². The highest BCUT2D eigenvalue weighted by Crippen LogP contribution is 2.23. The highest BCUT2D eigenvalue weighted by molar-refractivity contribution is 5.95. The van der Waals surface area contributed by atoms with Crippen molar-refractivity contribution in [1.29, 1.82) is 0 Å². The molecule has 0 saturated carbocycles. The molecule has 1 aromatic heterocycles. The Morgan fingerprint density at radius 1 is 1.38 bits per heavy atom. The van der Waals surface area contributed by atoms with Crippen molar-refractivity contribution in [3.63, 3.8) is 0 Å². The number of benzene rings is 1. The van der Waals surface area contributed by atoms with Crippen molar-refractivity contribution >= 4 is 5.91 Å². The van der Waals surface area contributed by atoms with E-state index in [2.05, 4.69) is 10.4 Å². The van der Waals surface area contributed by atoms with Crippen molar-refractivity contribution in [2.75, 3.05) is 26.7 Å². The first kappa shape index (κ1) is 16.5. The second-order valence-electron chi connectivity index (χ2n) is 5.93. The zero-order valence-corrected chi connectivity index (χ0v) is 14.2. The molecule has 0 bridgehead atoms. The van der Waals surface area contributed by atoms with Gasteiger partial charge in [-0.1, -0.05) is 18.2 Å². The fourth-order valence-electron chi connectivity index (χ4n) is 3.03. The lowest BCUT2D eigenvalue weighted by atomic mass is 10.1. The molecule has 1 amide bonds. The molecule has 1 fully saturated rings. The van der Waals surface area contributed by atoms with E-state index in [9.17, 15) is 4.79 Å². The summed E-state index contributed by atoms with van der Waals surface area (Å²) in [5.74, 6) is 0.478. The fourth-order valence-corrected chi connectivity index (χ4v) is 3.03. The van der Waals surface area contributed by atoms with Gasteiger partial charge in [0.25, 0.3) is 5.91 Å². The summed E-state index contributed by atoms with van der Waals surface area (Å²) in [6.07, 6.45) is 3.88. The molecule has 2 heterocycles. The fraction of sp³-hybridized carbons (Fsp3) is 0.444. The van der Waals surface area contributed by atoms with Gasteiger partial charge in [-0.25, -0.2) is 4.68 Å². The summed E-state index contributed by atoms with van der Waals surface area (Å²) >= 11 is 0. The molecule has 1 unspecified atom stereocenters. The number of carbonyl (C=O) groups is 1. The number of aromatic nitrogens is 2. The second kappa shape index (κ2) is 7.49. The van der Waals surface area contributed by atoms with E-state index in [1.54, 1.807) is 10.9 Å². The monoisotopic (exact) mass is 328 g/mol. The summed E-state index contributed by atoms with van der Waals surface area (Å²) < 4.78 is 7.36. The largest absolute Gasteiger partial charge is 0.490 e. The minimum absolute atomic E-state index is 0.0620. The lowest BCUT2D eigenvalue weighted by molar-refractivity contribution is 0.0687. The van der Waals surface area contributed by atoms with E-state index in [0.717, 1.165) is 25.1 Å². The molecule has 1 aromatic carbocycles. The molecule has 6 heteroatoms. The minimum atomic E-state index is -0.0620. The molecule has 24 heavy (non-hydrogen) atoms. The smallest absolute Gasteiger partial charge is 0.278 e. The van der Waals surface area contributed by atoms with Crippen LogP contribution in [-0.2, 0) is 0 Å². The summed E-state index contributed by atoms with van der Waals surface area (Å²) in [6.45, 7) is 3.88. The maximum Gasteiger partial charge on any atom is 0.278 e. The first-order valence-corrected chi connectivity index (χ1v) is 8.47. The van der Waals surface area contributed by atoms with Crippen molar-refractivity contribution in [2.45, 2.75) is 25.8 Å². The molecule has 0 radical (unpaired) electrons. The van der Waals surface area contributed by atoms with E-state index in [1.165, 1.54) is 0 Å². The molecular formula is C18H24N4O2. The zero-order valence-electron chi connectivity index (χ0n) is 14.2. The van der Waals surface area contributed by atoms with Crippen molar-refractivity contribution < 1.29 is 9.53 Å². The van der Waals surface area contributed by atoms with Crippen LogP contribution in [0.1, 0.15) is 30.3 Å². The molecule has 1 N–H and O–H groups in total. The maximum atomic E-state index is 12.9. The van der Waals surface area contributed by atoms with Crippen LogP contribution in [0.25, 0.3) is 5.69 Å². The third kappa shape index (κ3) is 3.43. The zero-order chi connectivity index (χ0) is 16.9. The number of likely N-dealkylation sites (N-methyl/N-ethyl adjacent to an activating group) is 1. The lowest BCUT2D eigenvalue weighted by Gasteiger charge is -2.32. The Balaban J connectivity index is 1.88. The van der Waals surface area contributed by atoms with Crippen LogP contribution in [0.5, 0.6) is 5.75 Å². The standard InChI is InChI=1S/C18H24N4O2/c1-3-24-16-13-22(15-9-5-4-6-10-15)20-17(16)18(23)21-11-7-8-14(12-21)19-2/h4-6,9-10,13-14,19H,3,7-8,11-12H2,1-2H3. The third-order valence-electron chi connectivity index (χ3n) is 4.32. The number of carbonyl (C=O) groups excluding carboxylic acids is 1. The Morgan fingerprint density at radius 3 is 2.88 bits per heavy atom. The Bertz CT molecular complexity index is 684. The van der Waals surface area contributed by atoms with Gasteiger partial charge in [0.2, 0.25) is 0 Å². The quantitative estimate of drug-likeness (QED) is 0.913. The summed E-state index contributed by atoms with van der Waals surface area (Å²) in [5.41, 5.74) is 1.29. The normalized spacial score (nSPS) is 17.8. The van der Waals surface area contributed by atoms with Gasteiger partial charge in [-0.15, -0.1) is 0 Å². The van der Waals surface area contributed by atoms with Crippen LogP contribution in [0.3, 0.4) is 0 Å². The first-order valence-electron chi connectivity index (χ1n) is 8.47. The minimum Gasteiger partial charge on any atom is -0.490 e. The second-order valence-corrected chi connectivity index (χ2v) is 5.93. The van der Waals surface area contributed by atoms with E-state index in [1.807, 2.05) is 49.2 Å². The topological polar surface area (TPSA) is 59.4 Å². The maximum absolute atomic E-state index is 12.9.